The molecule has 0 aliphatic heterocycles. The molecule has 0 saturated heterocycles. The van der Waals surface area contributed by atoms with Gasteiger partial charge in [0.2, 0.25) is 0 Å². The Hall–Kier alpha value is 0.690. The van der Waals surface area contributed by atoms with E-state index >= 15 is 0 Å². The maximum absolute atomic E-state index is 6.34. The van der Waals surface area contributed by atoms with Crippen molar-refractivity contribution in [2.75, 3.05) is 4.43 Å². The van der Waals surface area contributed by atoms with Crippen LogP contribution in [0.1, 0.15) is 57.8 Å². The topological polar surface area (TPSA) is 9.23 Å². The van der Waals surface area contributed by atoms with E-state index < -0.39 is 0 Å². The number of alkyl halides is 1. The Kier molecular flexibility index (Phi) is 4.11. The second-order valence-electron chi connectivity index (χ2n) is 4.90. The third kappa shape index (κ3) is 2.63. The van der Waals surface area contributed by atoms with Gasteiger partial charge in [-0.2, -0.15) is 0 Å². The number of hydrogen-bond donors (Lipinski definition) is 0. The summed E-state index contributed by atoms with van der Waals surface area (Å²) < 4.78 is 7.53. The van der Waals surface area contributed by atoms with E-state index in [2.05, 4.69) is 22.6 Å². The molecule has 0 heterocycles. The Morgan fingerprint density at radius 2 is 1.64 bits per heavy atom. The van der Waals surface area contributed by atoms with E-state index in [1.54, 1.807) is 0 Å². The molecule has 0 aromatic carbocycles. The molecule has 2 rings (SSSR count). The number of hydrogen-bond acceptors (Lipinski definition) is 1. The van der Waals surface area contributed by atoms with Crippen LogP contribution in [0.4, 0.5) is 0 Å². The highest BCUT2D eigenvalue weighted by molar-refractivity contribution is 14.1. The Bertz CT molecular complexity index is 169. The van der Waals surface area contributed by atoms with Crippen LogP contribution in [0.2, 0.25) is 0 Å². The van der Waals surface area contributed by atoms with Crippen molar-refractivity contribution >= 4 is 22.6 Å². The molecule has 14 heavy (non-hydrogen) atoms. The van der Waals surface area contributed by atoms with Gasteiger partial charge in [-0.1, -0.05) is 48.3 Å². The molecule has 0 aromatic rings. The molecule has 0 radical (unpaired) electrons. The van der Waals surface area contributed by atoms with E-state index in [0.717, 1.165) is 0 Å². The molecule has 0 spiro atoms. The van der Waals surface area contributed by atoms with Crippen molar-refractivity contribution in [3.05, 3.63) is 0 Å². The smallest absolute Gasteiger partial charge is 0.0775 e. The van der Waals surface area contributed by atoms with Crippen molar-refractivity contribution in [3.63, 3.8) is 0 Å². The summed E-state index contributed by atoms with van der Waals surface area (Å²) in [7, 11) is 0. The van der Waals surface area contributed by atoms with Crippen LogP contribution in [-0.4, -0.2) is 16.1 Å². The van der Waals surface area contributed by atoms with E-state index in [-0.39, 0.29) is 5.60 Å². The first-order valence-corrected chi connectivity index (χ1v) is 7.61. The van der Waals surface area contributed by atoms with Gasteiger partial charge in [-0.15, -0.1) is 0 Å². The summed E-state index contributed by atoms with van der Waals surface area (Å²) in [5.41, 5.74) is 0.266. The van der Waals surface area contributed by atoms with Gasteiger partial charge in [0, 0.05) is 4.43 Å². The van der Waals surface area contributed by atoms with Gasteiger partial charge in [0.1, 0.15) is 0 Å². The summed E-state index contributed by atoms with van der Waals surface area (Å²) in [6, 6.07) is 0. The lowest BCUT2D eigenvalue weighted by atomic mass is 9.92. The molecule has 2 saturated carbocycles. The zero-order chi connectivity index (χ0) is 9.86. The lowest BCUT2D eigenvalue weighted by Crippen LogP contribution is -2.40. The van der Waals surface area contributed by atoms with Crippen molar-refractivity contribution < 1.29 is 4.74 Å². The molecular weight excluding hydrogens is 287 g/mol. The highest BCUT2D eigenvalue weighted by Gasteiger charge is 2.35. The molecular formula is C12H21IO. The second kappa shape index (κ2) is 5.15. The Labute approximate surface area is 101 Å². The van der Waals surface area contributed by atoms with Gasteiger partial charge in [-0.25, -0.2) is 0 Å². The van der Waals surface area contributed by atoms with Gasteiger partial charge < -0.3 is 4.74 Å². The zero-order valence-electron chi connectivity index (χ0n) is 8.93. The van der Waals surface area contributed by atoms with Crippen molar-refractivity contribution in [1.82, 2.24) is 0 Å². The van der Waals surface area contributed by atoms with E-state index in [1.807, 2.05) is 0 Å². The summed E-state index contributed by atoms with van der Waals surface area (Å²) in [4.78, 5) is 0. The minimum absolute atomic E-state index is 0.266. The molecule has 2 aliphatic carbocycles. The highest BCUT2D eigenvalue weighted by atomic mass is 127. The predicted molar refractivity (Wildman–Crippen MR) is 68.0 cm³/mol. The predicted octanol–water partition coefficient (Wildman–Crippen LogP) is 4.08. The van der Waals surface area contributed by atoms with Crippen LogP contribution in [0, 0.1) is 0 Å². The minimum Gasteiger partial charge on any atom is -0.371 e. The Morgan fingerprint density at radius 1 is 1.00 bits per heavy atom. The SMILES string of the molecule is ICC1(OC2CCC2)CCCCCC1. The first kappa shape index (κ1) is 11.2. The molecule has 0 aromatic heterocycles. The second-order valence-corrected chi connectivity index (χ2v) is 5.66. The first-order chi connectivity index (χ1) is 6.85. The van der Waals surface area contributed by atoms with Crippen molar-refractivity contribution in [3.8, 4) is 0 Å². The number of ether oxygens (including phenoxy) is 1. The Morgan fingerprint density at radius 3 is 2.07 bits per heavy atom. The van der Waals surface area contributed by atoms with Gasteiger partial charge >= 0.3 is 0 Å². The van der Waals surface area contributed by atoms with Crippen LogP contribution in [-0.2, 0) is 4.74 Å². The molecule has 2 aliphatic rings. The summed E-state index contributed by atoms with van der Waals surface area (Å²) >= 11 is 2.53. The van der Waals surface area contributed by atoms with Gasteiger partial charge in [0.25, 0.3) is 0 Å². The molecule has 0 unspecified atom stereocenters. The van der Waals surface area contributed by atoms with E-state index in [0.29, 0.717) is 6.10 Å². The van der Waals surface area contributed by atoms with Crippen molar-refractivity contribution in [1.29, 1.82) is 0 Å². The fraction of sp³-hybridized carbons (Fsp3) is 1.00. The van der Waals surface area contributed by atoms with Gasteiger partial charge in [0.15, 0.2) is 0 Å². The number of halogens is 1. The van der Waals surface area contributed by atoms with Crippen molar-refractivity contribution in [2.45, 2.75) is 69.5 Å². The molecule has 82 valence electrons. The van der Waals surface area contributed by atoms with E-state index in [4.69, 9.17) is 4.74 Å². The zero-order valence-corrected chi connectivity index (χ0v) is 11.1. The Balaban J connectivity index is 1.90. The minimum atomic E-state index is 0.266. The van der Waals surface area contributed by atoms with Crippen LogP contribution in [0.15, 0.2) is 0 Å². The normalized spacial score (nSPS) is 28.1. The van der Waals surface area contributed by atoms with Gasteiger partial charge in [-0.3, -0.25) is 0 Å². The van der Waals surface area contributed by atoms with E-state index in [1.165, 1.54) is 62.2 Å². The largest absolute Gasteiger partial charge is 0.371 e. The van der Waals surface area contributed by atoms with Crippen LogP contribution in [0.5, 0.6) is 0 Å². The molecule has 0 N–H and O–H groups in total. The van der Waals surface area contributed by atoms with Gasteiger partial charge in [-0.05, 0) is 32.1 Å². The average Bonchev–Trinajstić information content (AvgIpc) is 2.38. The average molecular weight is 308 g/mol. The van der Waals surface area contributed by atoms with E-state index in [9.17, 15) is 0 Å². The van der Waals surface area contributed by atoms with Gasteiger partial charge in [0.05, 0.1) is 11.7 Å². The van der Waals surface area contributed by atoms with Crippen LogP contribution >= 0.6 is 22.6 Å². The standard InChI is InChI=1S/C12H21IO/c13-10-12(14-11-6-5-7-11)8-3-1-2-4-9-12/h11H,1-10H2. The quantitative estimate of drug-likeness (QED) is 0.433. The molecule has 1 nitrogen and oxygen atoms in total. The fourth-order valence-electron chi connectivity index (χ4n) is 2.50. The van der Waals surface area contributed by atoms with Crippen LogP contribution < -0.4 is 0 Å². The lowest BCUT2D eigenvalue weighted by Gasteiger charge is -2.39. The van der Waals surface area contributed by atoms with Crippen LogP contribution in [0.3, 0.4) is 0 Å². The molecule has 0 bridgehead atoms. The third-order valence-electron chi connectivity index (χ3n) is 3.73. The summed E-state index contributed by atoms with van der Waals surface area (Å²) in [6.45, 7) is 0. The maximum Gasteiger partial charge on any atom is 0.0775 e. The maximum atomic E-state index is 6.34. The number of rotatable bonds is 3. The molecule has 2 heteroatoms. The molecule has 0 atom stereocenters. The lowest BCUT2D eigenvalue weighted by molar-refractivity contribution is -0.114. The highest BCUT2D eigenvalue weighted by Crippen LogP contribution is 2.37. The third-order valence-corrected chi connectivity index (χ3v) is 5.12. The summed E-state index contributed by atoms with van der Waals surface area (Å²) in [5.74, 6) is 0. The van der Waals surface area contributed by atoms with Crippen LogP contribution in [0.25, 0.3) is 0 Å². The first-order valence-electron chi connectivity index (χ1n) is 6.08. The summed E-state index contributed by atoms with van der Waals surface area (Å²) in [6.07, 6.45) is 12.9. The molecule has 0 amide bonds. The molecule has 2 fully saturated rings. The van der Waals surface area contributed by atoms with Crippen molar-refractivity contribution in [2.24, 2.45) is 0 Å². The monoisotopic (exact) mass is 308 g/mol. The fourth-order valence-corrected chi connectivity index (χ4v) is 3.44. The summed E-state index contributed by atoms with van der Waals surface area (Å²) in [5, 5.41) is 0.